The van der Waals surface area contributed by atoms with Gasteiger partial charge in [0.05, 0.1) is 5.69 Å². The second-order valence-corrected chi connectivity index (χ2v) is 8.35. The highest BCUT2D eigenvalue weighted by atomic mass is 19.1. The van der Waals surface area contributed by atoms with Crippen LogP contribution in [0.4, 0.5) is 4.39 Å². The Balaban J connectivity index is 1.23. The maximum absolute atomic E-state index is 13.4. The third kappa shape index (κ3) is 3.68. The van der Waals surface area contributed by atoms with Crippen LogP contribution in [-0.2, 0) is 0 Å². The van der Waals surface area contributed by atoms with E-state index in [4.69, 9.17) is 9.52 Å². The number of amidine groups is 1. The third-order valence-corrected chi connectivity index (χ3v) is 6.43. The second kappa shape index (κ2) is 7.65. The minimum Gasteiger partial charge on any atom is -0.377 e. The summed E-state index contributed by atoms with van der Waals surface area (Å²) in [4.78, 5) is 9.65. The van der Waals surface area contributed by atoms with E-state index in [1.165, 1.54) is 36.4 Å². The Morgan fingerprint density at radius 3 is 2.90 bits per heavy atom. The fraction of sp³-hybridized carbons (Fsp3) is 0.478. The smallest absolute Gasteiger partial charge is 0.170 e. The monoisotopic (exact) mass is 394 g/mol. The van der Waals surface area contributed by atoms with Crippen LogP contribution in [0.2, 0.25) is 0 Å². The molecule has 0 bridgehead atoms. The van der Waals surface area contributed by atoms with E-state index in [9.17, 15) is 4.39 Å². The van der Waals surface area contributed by atoms with Crippen molar-refractivity contribution in [3.05, 3.63) is 53.3 Å². The van der Waals surface area contributed by atoms with Crippen LogP contribution in [0.15, 0.2) is 51.3 Å². The van der Waals surface area contributed by atoms with Crippen LogP contribution >= 0.6 is 0 Å². The van der Waals surface area contributed by atoms with Gasteiger partial charge in [-0.15, -0.1) is 0 Å². The molecule has 4 heterocycles. The maximum atomic E-state index is 13.4. The number of hydrogen-bond donors (Lipinski definition) is 0. The molecule has 2 saturated heterocycles. The number of rotatable bonds is 3. The molecule has 0 radical (unpaired) electrons. The van der Waals surface area contributed by atoms with Crippen LogP contribution in [0.25, 0.3) is 11.0 Å². The molecular formula is C23H27FN4O. The van der Waals surface area contributed by atoms with Crippen LogP contribution < -0.4 is 0 Å². The lowest BCUT2D eigenvalue weighted by molar-refractivity contribution is 0.277. The summed E-state index contributed by atoms with van der Waals surface area (Å²) in [6.45, 7) is 6.22. The van der Waals surface area contributed by atoms with Crippen LogP contribution in [0, 0.1) is 5.82 Å². The first-order valence-electron chi connectivity index (χ1n) is 10.7. The average molecular weight is 394 g/mol. The number of halogens is 1. The number of nitrogens with zero attached hydrogens (tertiary/aromatic N) is 4. The number of benzene rings is 1. The molecule has 0 N–H and O–H groups in total. The molecule has 1 aromatic carbocycles. The normalized spacial score (nSPS) is 21.2. The Hall–Kier alpha value is -2.63. The van der Waals surface area contributed by atoms with E-state index in [0.717, 1.165) is 62.2 Å². The molecule has 0 amide bonds. The van der Waals surface area contributed by atoms with Crippen molar-refractivity contribution in [3.63, 3.8) is 0 Å². The van der Waals surface area contributed by atoms with Gasteiger partial charge in [-0.3, -0.25) is 0 Å². The Bertz CT molecular complexity index is 997. The van der Waals surface area contributed by atoms with Gasteiger partial charge in [0.2, 0.25) is 0 Å². The van der Waals surface area contributed by atoms with Gasteiger partial charge in [0.15, 0.2) is 5.58 Å². The number of hydrogen-bond acceptors (Lipinski definition) is 5. The molecule has 2 fully saturated rings. The Kier molecular flexibility index (Phi) is 4.86. The number of likely N-dealkylation sites (tertiary alicyclic amines) is 1. The highest BCUT2D eigenvalue weighted by molar-refractivity contribution is 5.85. The fourth-order valence-electron chi connectivity index (χ4n) is 4.67. The quantitative estimate of drug-likeness (QED) is 0.748. The molecule has 0 atom stereocenters. The van der Waals surface area contributed by atoms with Gasteiger partial charge in [-0.25, -0.2) is 9.38 Å². The van der Waals surface area contributed by atoms with E-state index in [1.54, 1.807) is 6.07 Å². The number of fused-ring (bicyclic) bond motifs is 2. The van der Waals surface area contributed by atoms with Gasteiger partial charge in [0, 0.05) is 55.7 Å². The van der Waals surface area contributed by atoms with E-state index in [2.05, 4.69) is 34.2 Å². The molecule has 2 aromatic rings. The second-order valence-electron chi connectivity index (χ2n) is 8.35. The van der Waals surface area contributed by atoms with Crippen LogP contribution in [-0.4, -0.2) is 47.0 Å². The summed E-state index contributed by atoms with van der Waals surface area (Å²) in [6, 6.07) is 4.69. The van der Waals surface area contributed by atoms with E-state index in [-0.39, 0.29) is 5.82 Å². The zero-order chi connectivity index (χ0) is 19.8. The molecule has 0 unspecified atom stereocenters. The summed E-state index contributed by atoms with van der Waals surface area (Å²) in [5, 5.41) is 5.19. The average Bonchev–Trinajstić information content (AvgIpc) is 3.15. The van der Waals surface area contributed by atoms with Crippen molar-refractivity contribution in [2.45, 2.75) is 44.9 Å². The zero-order valence-electron chi connectivity index (χ0n) is 16.9. The Morgan fingerprint density at radius 2 is 2.03 bits per heavy atom. The minimum atomic E-state index is -0.284. The number of allylic oxidation sites excluding steroid dienone is 1. The predicted molar refractivity (Wildman–Crippen MR) is 112 cm³/mol. The summed E-state index contributed by atoms with van der Waals surface area (Å²) < 4.78 is 18.7. The highest BCUT2D eigenvalue weighted by Crippen LogP contribution is 2.33. The van der Waals surface area contributed by atoms with Crippen molar-refractivity contribution in [2.75, 3.05) is 26.2 Å². The fourth-order valence-corrected chi connectivity index (χ4v) is 4.67. The summed E-state index contributed by atoms with van der Waals surface area (Å²) in [7, 11) is 0. The van der Waals surface area contributed by atoms with Crippen molar-refractivity contribution < 1.29 is 8.91 Å². The van der Waals surface area contributed by atoms with Gasteiger partial charge in [0.25, 0.3) is 0 Å². The first-order valence-corrected chi connectivity index (χ1v) is 10.7. The van der Waals surface area contributed by atoms with Gasteiger partial charge in [-0.1, -0.05) is 5.16 Å². The molecule has 152 valence electrons. The van der Waals surface area contributed by atoms with Crippen molar-refractivity contribution in [2.24, 2.45) is 4.99 Å². The topological polar surface area (TPSA) is 44.9 Å². The van der Waals surface area contributed by atoms with Crippen LogP contribution in [0.3, 0.4) is 0 Å². The molecule has 0 saturated carbocycles. The largest absolute Gasteiger partial charge is 0.377 e. The van der Waals surface area contributed by atoms with Crippen molar-refractivity contribution in [1.82, 2.24) is 15.0 Å². The lowest BCUT2D eigenvalue weighted by Gasteiger charge is -2.34. The van der Waals surface area contributed by atoms with Crippen molar-refractivity contribution in [3.8, 4) is 0 Å². The number of aliphatic imine (C=N–C) groups is 1. The standard InChI is InChI=1S/C23H27FN4O/c1-16-18(15-28-10-3-2-4-22(28)25-16)9-13-27-11-7-17(8-12-27)23-20-6-5-19(24)14-21(20)29-26-23/h5-6,9,13-14,17H,2-4,7-8,10-12,15H2,1H3. The van der Waals surface area contributed by atoms with Crippen molar-refractivity contribution >= 4 is 16.8 Å². The highest BCUT2D eigenvalue weighted by Gasteiger charge is 2.25. The number of piperidine rings is 2. The first-order chi connectivity index (χ1) is 14.2. The summed E-state index contributed by atoms with van der Waals surface area (Å²) in [6.07, 6.45) is 10.2. The van der Waals surface area contributed by atoms with E-state index < -0.39 is 0 Å². The van der Waals surface area contributed by atoms with Gasteiger partial charge in [-0.2, -0.15) is 0 Å². The third-order valence-electron chi connectivity index (χ3n) is 6.43. The molecule has 3 aliphatic rings. The molecule has 0 aliphatic carbocycles. The van der Waals surface area contributed by atoms with Gasteiger partial charge in [0.1, 0.15) is 11.7 Å². The molecule has 1 aromatic heterocycles. The zero-order valence-corrected chi connectivity index (χ0v) is 16.9. The maximum Gasteiger partial charge on any atom is 0.170 e. The van der Waals surface area contributed by atoms with Crippen LogP contribution in [0.5, 0.6) is 0 Å². The summed E-state index contributed by atoms with van der Waals surface area (Å²) in [5.41, 5.74) is 3.99. The Morgan fingerprint density at radius 1 is 1.17 bits per heavy atom. The molecule has 29 heavy (non-hydrogen) atoms. The number of aromatic nitrogens is 1. The summed E-state index contributed by atoms with van der Waals surface area (Å²) >= 11 is 0. The van der Waals surface area contributed by atoms with Gasteiger partial charge in [-0.05, 0) is 62.6 Å². The lowest BCUT2D eigenvalue weighted by atomic mass is 9.92. The van der Waals surface area contributed by atoms with E-state index >= 15 is 0 Å². The molecular weight excluding hydrogens is 367 g/mol. The molecule has 6 heteroatoms. The van der Waals surface area contributed by atoms with Crippen LogP contribution in [0.1, 0.15) is 50.6 Å². The van der Waals surface area contributed by atoms with Crippen molar-refractivity contribution in [1.29, 1.82) is 0 Å². The minimum absolute atomic E-state index is 0.284. The Labute approximate surface area is 170 Å². The van der Waals surface area contributed by atoms with E-state index in [0.29, 0.717) is 11.5 Å². The predicted octanol–water partition coefficient (Wildman–Crippen LogP) is 4.83. The summed E-state index contributed by atoms with van der Waals surface area (Å²) in [5.74, 6) is 1.35. The first kappa shape index (κ1) is 18.4. The molecule has 3 aliphatic heterocycles. The molecule has 5 rings (SSSR count). The lowest BCUT2D eigenvalue weighted by Crippen LogP contribution is -2.39. The van der Waals surface area contributed by atoms with E-state index in [1.807, 2.05) is 0 Å². The SMILES string of the molecule is CC1=C(C=CN2CCC(c3noc4cc(F)ccc34)CC2)CN2CCCCC2=N1. The molecule has 5 nitrogen and oxygen atoms in total. The van der Waals surface area contributed by atoms with Gasteiger partial charge < -0.3 is 14.3 Å². The van der Waals surface area contributed by atoms with Gasteiger partial charge >= 0.3 is 0 Å². The molecule has 0 spiro atoms.